The summed E-state index contributed by atoms with van der Waals surface area (Å²) in [4.78, 5) is 31.4. The molecular weight excluding hydrogens is 601 g/mol. The lowest BCUT2D eigenvalue weighted by Gasteiger charge is -2.42. The largest absolute Gasteiger partial charge is 0.444 e. The van der Waals surface area contributed by atoms with E-state index in [1.54, 1.807) is 44.1 Å². The minimum absolute atomic E-state index is 0.0191. The molecule has 3 aliphatic heterocycles. The monoisotopic (exact) mass is 640 g/mol. The predicted molar refractivity (Wildman–Crippen MR) is 163 cm³/mol. The maximum atomic E-state index is 14.5. The molecule has 2 amide bonds. The predicted octanol–water partition coefficient (Wildman–Crippen LogP) is 5.12. The van der Waals surface area contributed by atoms with Gasteiger partial charge < -0.3 is 23.8 Å². The summed E-state index contributed by atoms with van der Waals surface area (Å²) in [5.74, 6) is 0.328. The molecule has 3 aromatic rings. The van der Waals surface area contributed by atoms with Crippen LogP contribution in [0.25, 0.3) is 0 Å². The molecule has 0 spiro atoms. The molecule has 0 radical (unpaired) electrons. The van der Waals surface area contributed by atoms with Gasteiger partial charge in [-0.15, -0.1) is 10.2 Å². The van der Waals surface area contributed by atoms with Crippen LogP contribution in [0.15, 0.2) is 42.7 Å². The molecule has 1 atom stereocenters. The number of carbonyl (C=O) groups is 2. The van der Waals surface area contributed by atoms with Crippen LogP contribution in [0.4, 0.5) is 23.7 Å². The number of aryl methyl sites for hydroxylation is 1. The molecule has 4 heterocycles. The molecule has 3 aliphatic rings. The van der Waals surface area contributed by atoms with Crippen LogP contribution >= 0.6 is 0 Å². The van der Waals surface area contributed by atoms with Gasteiger partial charge in [-0.2, -0.15) is 13.2 Å². The number of amides is 2. The maximum Gasteiger partial charge on any atom is 0.416 e. The van der Waals surface area contributed by atoms with E-state index < -0.39 is 35.4 Å². The van der Waals surface area contributed by atoms with E-state index >= 15 is 0 Å². The van der Waals surface area contributed by atoms with Crippen LogP contribution in [0, 0.1) is 0 Å². The zero-order valence-electron chi connectivity index (χ0n) is 26.7. The molecule has 2 aromatic carbocycles. The number of ether oxygens (including phenoxy) is 2. The van der Waals surface area contributed by atoms with Crippen molar-refractivity contribution in [1.82, 2.24) is 24.6 Å². The second-order valence-electron chi connectivity index (χ2n) is 13.5. The summed E-state index contributed by atoms with van der Waals surface area (Å²) in [6.07, 6.45) is -2.84. The molecule has 0 aliphatic carbocycles. The number of benzene rings is 2. The van der Waals surface area contributed by atoms with Crippen LogP contribution in [-0.2, 0) is 41.1 Å². The second-order valence-corrected chi connectivity index (χ2v) is 13.5. The number of rotatable bonds is 6. The first-order chi connectivity index (χ1) is 21.6. The Hall–Kier alpha value is -3.97. The maximum absolute atomic E-state index is 14.5. The number of alkyl halides is 3. The fourth-order valence-electron chi connectivity index (χ4n) is 6.46. The summed E-state index contributed by atoms with van der Waals surface area (Å²) in [5.41, 5.74) is 0.130. The fraction of sp³-hybridized carbons (Fsp3) is 0.515. The number of nitrogens with zero attached hydrogens (tertiary/aromatic N) is 6. The molecule has 10 nitrogen and oxygen atoms in total. The number of carbonyl (C=O) groups excluding carboxylic acids is 2. The summed E-state index contributed by atoms with van der Waals surface area (Å²) in [5, 5.41) is 8.19. The first kappa shape index (κ1) is 32.0. The summed E-state index contributed by atoms with van der Waals surface area (Å²) < 4.78 is 56.5. The molecule has 1 unspecified atom stereocenters. The fourth-order valence-corrected chi connectivity index (χ4v) is 6.46. The van der Waals surface area contributed by atoms with Crippen molar-refractivity contribution in [3.63, 3.8) is 0 Å². The first-order valence-electron chi connectivity index (χ1n) is 15.4. The normalized spacial score (nSPS) is 19.2. The SMILES string of the molecule is CC(c1cc2c(c(C(F)(F)F)c1)CN(c1cccc(C3(Cc4nncn4C)COC3)c1)C2=O)N1CCN(C(=O)OC(C)(C)C)CC1. The summed E-state index contributed by atoms with van der Waals surface area (Å²) in [7, 11) is 1.87. The topological polar surface area (TPSA) is 93.0 Å². The standard InChI is InChI=1S/C33H39F3N6O4/c1-21(40-9-11-41(12-10-40)30(44)46-31(2,3)4)22-13-25-26(27(14-22)33(34,35)36)17-42(29(25)43)24-8-6-7-23(15-24)32(18-45-19-32)16-28-38-37-20-39(28)5/h6-8,13-15,20-21H,9-12,16-19H2,1-5H3. The van der Waals surface area contributed by atoms with E-state index in [1.807, 2.05) is 41.6 Å². The molecular formula is C33H39F3N6O4. The number of aromatic nitrogens is 3. The third kappa shape index (κ3) is 6.09. The number of halogens is 3. The van der Waals surface area contributed by atoms with Gasteiger partial charge in [-0.25, -0.2) is 4.79 Å². The highest BCUT2D eigenvalue weighted by atomic mass is 19.4. The summed E-state index contributed by atoms with van der Waals surface area (Å²) in [6, 6.07) is 9.80. The zero-order chi connectivity index (χ0) is 33.0. The Morgan fingerprint density at radius 3 is 2.39 bits per heavy atom. The van der Waals surface area contributed by atoms with E-state index in [-0.39, 0.29) is 23.1 Å². The van der Waals surface area contributed by atoms with Crippen molar-refractivity contribution in [1.29, 1.82) is 0 Å². The Kier molecular flexibility index (Phi) is 8.12. The van der Waals surface area contributed by atoms with Gasteiger partial charge in [0.2, 0.25) is 0 Å². The molecule has 13 heteroatoms. The first-order valence-corrected chi connectivity index (χ1v) is 15.4. The minimum Gasteiger partial charge on any atom is -0.444 e. The van der Waals surface area contributed by atoms with E-state index in [2.05, 4.69) is 10.2 Å². The van der Waals surface area contributed by atoms with Crippen LogP contribution in [0.3, 0.4) is 0 Å². The van der Waals surface area contributed by atoms with Gasteiger partial charge >= 0.3 is 12.3 Å². The van der Waals surface area contributed by atoms with Crippen molar-refractivity contribution in [2.24, 2.45) is 7.05 Å². The quantitative estimate of drug-likeness (QED) is 0.370. The summed E-state index contributed by atoms with van der Waals surface area (Å²) in [6.45, 7) is 9.70. The Bertz CT molecular complexity index is 1640. The highest BCUT2D eigenvalue weighted by molar-refractivity contribution is 6.10. The van der Waals surface area contributed by atoms with Gasteiger partial charge in [-0.1, -0.05) is 12.1 Å². The van der Waals surface area contributed by atoms with Gasteiger partial charge in [0.25, 0.3) is 5.91 Å². The van der Waals surface area contributed by atoms with Crippen LogP contribution in [0.5, 0.6) is 0 Å². The molecule has 0 N–H and O–H groups in total. The van der Waals surface area contributed by atoms with Crippen LogP contribution in [0.2, 0.25) is 0 Å². The van der Waals surface area contributed by atoms with E-state index in [9.17, 15) is 22.8 Å². The smallest absolute Gasteiger partial charge is 0.416 e. The van der Waals surface area contributed by atoms with Gasteiger partial charge in [-0.05, 0) is 68.7 Å². The molecule has 1 aromatic heterocycles. The van der Waals surface area contributed by atoms with Crippen LogP contribution in [0.1, 0.15) is 72.2 Å². The Morgan fingerprint density at radius 1 is 1.09 bits per heavy atom. The lowest BCUT2D eigenvalue weighted by molar-refractivity contribution is -0.138. The number of anilines is 1. The minimum atomic E-state index is -4.64. The van der Waals surface area contributed by atoms with E-state index in [0.717, 1.165) is 11.4 Å². The van der Waals surface area contributed by atoms with E-state index in [0.29, 0.717) is 57.1 Å². The number of hydrogen-bond donors (Lipinski definition) is 0. The molecule has 2 saturated heterocycles. The molecule has 6 rings (SSSR count). The molecule has 46 heavy (non-hydrogen) atoms. The van der Waals surface area contributed by atoms with Crippen LogP contribution in [-0.4, -0.2) is 81.6 Å². The Morgan fingerprint density at radius 2 is 1.80 bits per heavy atom. The number of piperazine rings is 1. The zero-order valence-corrected chi connectivity index (χ0v) is 26.7. The van der Waals surface area contributed by atoms with Gasteiger partial charge in [0.1, 0.15) is 17.8 Å². The van der Waals surface area contributed by atoms with Crippen molar-refractivity contribution in [3.05, 3.63) is 76.4 Å². The lowest BCUT2D eigenvalue weighted by Crippen LogP contribution is -2.50. The Balaban J connectivity index is 1.24. The average Bonchev–Trinajstić information content (AvgIpc) is 3.54. The molecule has 0 bridgehead atoms. The van der Waals surface area contributed by atoms with Crippen molar-refractivity contribution in [2.75, 3.05) is 44.3 Å². The Labute approximate surface area is 266 Å². The second kappa shape index (κ2) is 11.7. The van der Waals surface area contributed by atoms with Gasteiger partial charge in [0.15, 0.2) is 0 Å². The third-order valence-electron chi connectivity index (χ3n) is 9.19. The van der Waals surface area contributed by atoms with Gasteiger partial charge in [0.05, 0.1) is 25.3 Å². The lowest BCUT2D eigenvalue weighted by atomic mass is 9.75. The highest BCUT2D eigenvalue weighted by Gasteiger charge is 2.44. The van der Waals surface area contributed by atoms with Gasteiger partial charge in [-0.3, -0.25) is 9.69 Å². The van der Waals surface area contributed by atoms with E-state index in [4.69, 9.17) is 9.47 Å². The average molecular weight is 641 g/mol. The van der Waals surface area contributed by atoms with Crippen molar-refractivity contribution in [3.8, 4) is 0 Å². The van der Waals surface area contributed by atoms with Crippen LogP contribution < -0.4 is 4.90 Å². The number of hydrogen-bond acceptors (Lipinski definition) is 7. The van der Waals surface area contributed by atoms with Crippen molar-refractivity contribution >= 4 is 17.7 Å². The summed E-state index contributed by atoms with van der Waals surface area (Å²) >= 11 is 0. The molecule has 246 valence electrons. The highest BCUT2D eigenvalue weighted by Crippen LogP contribution is 2.42. The third-order valence-corrected chi connectivity index (χ3v) is 9.19. The van der Waals surface area contributed by atoms with E-state index in [1.165, 1.54) is 11.0 Å². The number of fused-ring (bicyclic) bond motifs is 1. The van der Waals surface area contributed by atoms with Crippen molar-refractivity contribution in [2.45, 2.75) is 63.9 Å². The molecule has 2 fully saturated rings. The van der Waals surface area contributed by atoms with Gasteiger partial charge in [0, 0.05) is 62.4 Å². The van der Waals surface area contributed by atoms with Crippen molar-refractivity contribution < 1.29 is 32.2 Å². The molecule has 0 saturated carbocycles.